The van der Waals surface area contributed by atoms with Gasteiger partial charge in [0.15, 0.2) is 5.82 Å². The average Bonchev–Trinajstić information content (AvgIpc) is 2.79. The van der Waals surface area contributed by atoms with Crippen LogP contribution in [0.15, 0.2) is 12.4 Å². The molecule has 0 spiro atoms. The van der Waals surface area contributed by atoms with Crippen LogP contribution in [-0.4, -0.2) is 29.7 Å². The first-order valence-electron chi connectivity index (χ1n) is 4.99. The summed E-state index contributed by atoms with van der Waals surface area (Å²) < 4.78 is 5.28. The predicted molar refractivity (Wildman–Crippen MR) is 57.3 cm³/mol. The van der Waals surface area contributed by atoms with Crippen LogP contribution in [0.5, 0.6) is 0 Å². The molecular formula is C9H15N5O. The molecule has 1 aliphatic heterocycles. The van der Waals surface area contributed by atoms with Crippen LogP contribution >= 0.6 is 0 Å². The highest BCUT2D eigenvalue weighted by atomic mass is 16.5. The maximum absolute atomic E-state index is 5.28. The van der Waals surface area contributed by atoms with Crippen LogP contribution < -0.4 is 16.6 Å². The first-order chi connectivity index (χ1) is 7.38. The van der Waals surface area contributed by atoms with E-state index in [0.717, 1.165) is 32.0 Å². The Bertz CT molecular complexity index is 313. The topological polar surface area (TPSA) is 85.1 Å². The molecule has 0 aromatic carbocycles. The summed E-state index contributed by atoms with van der Waals surface area (Å²) in [6, 6.07) is 0. The SMILES string of the molecule is NNc1cncc(NCC2CCOC2)n1. The Kier molecular flexibility index (Phi) is 3.31. The van der Waals surface area contributed by atoms with Crippen LogP contribution in [-0.2, 0) is 4.74 Å². The van der Waals surface area contributed by atoms with Crippen molar-refractivity contribution >= 4 is 11.6 Å². The normalized spacial score (nSPS) is 20.2. The van der Waals surface area contributed by atoms with Gasteiger partial charge in [-0.05, 0) is 6.42 Å². The lowest BCUT2D eigenvalue weighted by Gasteiger charge is -2.10. The molecule has 82 valence electrons. The van der Waals surface area contributed by atoms with Crippen molar-refractivity contribution in [2.45, 2.75) is 6.42 Å². The van der Waals surface area contributed by atoms with Crippen molar-refractivity contribution in [2.75, 3.05) is 30.5 Å². The first kappa shape index (κ1) is 10.1. The van der Waals surface area contributed by atoms with Gasteiger partial charge < -0.3 is 15.5 Å². The summed E-state index contributed by atoms with van der Waals surface area (Å²) in [7, 11) is 0. The molecule has 1 fully saturated rings. The summed E-state index contributed by atoms with van der Waals surface area (Å²) in [5, 5.41) is 3.21. The molecule has 0 amide bonds. The fourth-order valence-electron chi connectivity index (χ4n) is 1.51. The third-order valence-electron chi connectivity index (χ3n) is 2.38. The van der Waals surface area contributed by atoms with E-state index in [0.29, 0.717) is 11.7 Å². The standard InChI is InChI=1S/C9H15N5O/c10-14-9-5-11-4-8(13-9)12-3-7-1-2-15-6-7/h4-5,7H,1-3,6,10H2,(H2,12,13,14). The Hall–Kier alpha value is -1.40. The molecule has 6 heteroatoms. The van der Waals surface area contributed by atoms with E-state index in [1.165, 1.54) is 0 Å². The summed E-state index contributed by atoms with van der Waals surface area (Å²) in [5.41, 5.74) is 2.46. The molecule has 1 aromatic heterocycles. The van der Waals surface area contributed by atoms with Gasteiger partial charge in [0.2, 0.25) is 0 Å². The van der Waals surface area contributed by atoms with Crippen molar-refractivity contribution in [3.05, 3.63) is 12.4 Å². The van der Waals surface area contributed by atoms with E-state index in [-0.39, 0.29) is 0 Å². The van der Waals surface area contributed by atoms with Gasteiger partial charge in [0, 0.05) is 19.1 Å². The highest BCUT2D eigenvalue weighted by Gasteiger charge is 2.15. The number of anilines is 2. The molecule has 0 saturated carbocycles. The largest absolute Gasteiger partial charge is 0.381 e. The second-order valence-electron chi connectivity index (χ2n) is 3.54. The summed E-state index contributed by atoms with van der Waals surface area (Å²) in [6.45, 7) is 2.56. The van der Waals surface area contributed by atoms with Gasteiger partial charge in [0.05, 0.1) is 19.0 Å². The molecule has 0 aliphatic carbocycles. The summed E-state index contributed by atoms with van der Waals surface area (Å²) in [4.78, 5) is 8.20. The fourth-order valence-corrected chi connectivity index (χ4v) is 1.51. The molecule has 0 bridgehead atoms. The maximum Gasteiger partial charge on any atom is 0.160 e. The lowest BCUT2D eigenvalue weighted by Crippen LogP contribution is -2.16. The van der Waals surface area contributed by atoms with Crippen molar-refractivity contribution in [3.8, 4) is 0 Å². The molecule has 1 atom stereocenters. The van der Waals surface area contributed by atoms with Gasteiger partial charge in [-0.3, -0.25) is 4.98 Å². The van der Waals surface area contributed by atoms with Crippen molar-refractivity contribution < 1.29 is 4.74 Å². The number of nitrogens with zero attached hydrogens (tertiary/aromatic N) is 2. The monoisotopic (exact) mass is 209 g/mol. The summed E-state index contributed by atoms with van der Waals surface area (Å²) >= 11 is 0. The Morgan fingerprint density at radius 1 is 1.47 bits per heavy atom. The molecule has 6 nitrogen and oxygen atoms in total. The number of hydrogen-bond acceptors (Lipinski definition) is 6. The van der Waals surface area contributed by atoms with E-state index in [2.05, 4.69) is 20.7 Å². The van der Waals surface area contributed by atoms with Crippen molar-refractivity contribution in [1.82, 2.24) is 9.97 Å². The Morgan fingerprint density at radius 3 is 3.07 bits per heavy atom. The van der Waals surface area contributed by atoms with E-state index in [1.807, 2.05) is 0 Å². The van der Waals surface area contributed by atoms with Gasteiger partial charge in [-0.15, -0.1) is 0 Å². The van der Waals surface area contributed by atoms with E-state index >= 15 is 0 Å². The van der Waals surface area contributed by atoms with Crippen LogP contribution in [0.4, 0.5) is 11.6 Å². The number of hydrogen-bond donors (Lipinski definition) is 3. The zero-order valence-electron chi connectivity index (χ0n) is 8.44. The Morgan fingerprint density at radius 2 is 2.33 bits per heavy atom. The minimum absolute atomic E-state index is 0.558. The summed E-state index contributed by atoms with van der Waals surface area (Å²) in [5.74, 6) is 7.10. The summed E-state index contributed by atoms with van der Waals surface area (Å²) in [6.07, 6.45) is 4.36. The number of aromatic nitrogens is 2. The number of hydrazine groups is 1. The Labute approximate surface area is 88.2 Å². The minimum Gasteiger partial charge on any atom is -0.381 e. The second-order valence-corrected chi connectivity index (χ2v) is 3.54. The molecule has 1 aliphatic rings. The van der Waals surface area contributed by atoms with E-state index < -0.39 is 0 Å². The molecule has 0 radical (unpaired) electrons. The predicted octanol–water partition coefficient (Wildman–Crippen LogP) is 0.211. The smallest absolute Gasteiger partial charge is 0.160 e. The molecule has 2 heterocycles. The molecule has 1 saturated heterocycles. The van der Waals surface area contributed by atoms with Gasteiger partial charge >= 0.3 is 0 Å². The number of ether oxygens (including phenoxy) is 1. The zero-order chi connectivity index (χ0) is 10.5. The third-order valence-corrected chi connectivity index (χ3v) is 2.38. The molecule has 15 heavy (non-hydrogen) atoms. The molecule has 1 unspecified atom stereocenters. The van der Waals surface area contributed by atoms with Crippen molar-refractivity contribution in [2.24, 2.45) is 11.8 Å². The molecule has 4 N–H and O–H groups in total. The van der Waals surface area contributed by atoms with Crippen LogP contribution in [0.25, 0.3) is 0 Å². The number of rotatable bonds is 4. The lowest BCUT2D eigenvalue weighted by atomic mass is 10.1. The van der Waals surface area contributed by atoms with Gasteiger partial charge in [-0.2, -0.15) is 0 Å². The van der Waals surface area contributed by atoms with E-state index in [9.17, 15) is 0 Å². The van der Waals surface area contributed by atoms with E-state index in [4.69, 9.17) is 10.6 Å². The van der Waals surface area contributed by atoms with Crippen LogP contribution in [0.2, 0.25) is 0 Å². The van der Waals surface area contributed by atoms with Crippen molar-refractivity contribution in [3.63, 3.8) is 0 Å². The lowest BCUT2D eigenvalue weighted by molar-refractivity contribution is 0.187. The van der Waals surface area contributed by atoms with Crippen LogP contribution in [0.1, 0.15) is 6.42 Å². The number of nitrogen functional groups attached to an aromatic ring is 1. The highest BCUT2D eigenvalue weighted by molar-refractivity contribution is 5.40. The number of nitrogens with one attached hydrogen (secondary N) is 2. The maximum atomic E-state index is 5.28. The molecule has 1 aromatic rings. The van der Waals surface area contributed by atoms with Crippen LogP contribution in [0.3, 0.4) is 0 Å². The van der Waals surface area contributed by atoms with Gasteiger partial charge in [-0.1, -0.05) is 0 Å². The van der Waals surface area contributed by atoms with Crippen molar-refractivity contribution in [1.29, 1.82) is 0 Å². The fraction of sp³-hybridized carbons (Fsp3) is 0.556. The molecular weight excluding hydrogens is 194 g/mol. The zero-order valence-corrected chi connectivity index (χ0v) is 8.44. The number of nitrogens with two attached hydrogens (primary N) is 1. The van der Waals surface area contributed by atoms with Gasteiger partial charge in [0.25, 0.3) is 0 Å². The highest BCUT2D eigenvalue weighted by Crippen LogP contribution is 2.13. The first-order valence-corrected chi connectivity index (χ1v) is 4.99. The average molecular weight is 209 g/mol. The second kappa shape index (κ2) is 4.90. The Balaban J connectivity index is 1.86. The van der Waals surface area contributed by atoms with Crippen LogP contribution in [0, 0.1) is 5.92 Å². The quantitative estimate of drug-likeness (QED) is 0.485. The minimum atomic E-state index is 0.558. The third kappa shape index (κ3) is 2.77. The van der Waals surface area contributed by atoms with Gasteiger partial charge in [0.1, 0.15) is 5.82 Å². The van der Waals surface area contributed by atoms with Gasteiger partial charge in [-0.25, -0.2) is 10.8 Å². The molecule has 2 rings (SSSR count). The van der Waals surface area contributed by atoms with E-state index in [1.54, 1.807) is 12.4 Å².